The highest BCUT2D eigenvalue weighted by Crippen LogP contribution is 2.16. The second-order valence-corrected chi connectivity index (χ2v) is 7.73. The fourth-order valence-electron chi connectivity index (χ4n) is 4.05. The number of benzene rings is 1. The summed E-state index contributed by atoms with van der Waals surface area (Å²) in [6.07, 6.45) is 3.90. The van der Waals surface area contributed by atoms with Crippen molar-refractivity contribution in [3.8, 4) is 5.75 Å². The standard InChI is InChI=1S/C21H34N4O2/c1-18-6-3-4-10-24(18)11-9-22-21(26)25-14-12-23(13-15-25)17-19-7-5-8-20(16-19)27-2/h5,7-8,16,18H,3-4,6,9-15,17H2,1-2H3,(H,22,26)/t18-/m1/s1. The van der Waals surface area contributed by atoms with Crippen LogP contribution in [0.25, 0.3) is 0 Å². The Morgan fingerprint density at radius 3 is 2.74 bits per heavy atom. The molecule has 0 unspecified atom stereocenters. The van der Waals surface area contributed by atoms with Crippen LogP contribution in [0.3, 0.4) is 0 Å². The Bertz CT molecular complexity index is 602. The van der Waals surface area contributed by atoms with Crippen molar-refractivity contribution in [2.75, 3.05) is 52.9 Å². The lowest BCUT2D eigenvalue weighted by Gasteiger charge is -2.35. The highest BCUT2D eigenvalue weighted by Gasteiger charge is 2.22. The molecular formula is C21H34N4O2. The van der Waals surface area contributed by atoms with Gasteiger partial charge >= 0.3 is 6.03 Å². The number of urea groups is 1. The molecule has 2 aliphatic heterocycles. The summed E-state index contributed by atoms with van der Waals surface area (Å²) in [7, 11) is 1.70. The topological polar surface area (TPSA) is 48.1 Å². The zero-order valence-corrected chi connectivity index (χ0v) is 16.8. The number of rotatable bonds is 6. The number of hydrogen-bond acceptors (Lipinski definition) is 4. The van der Waals surface area contributed by atoms with E-state index < -0.39 is 0 Å². The third kappa shape index (κ3) is 5.84. The van der Waals surface area contributed by atoms with Crippen LogP contribution in [-0.4, -0.2) is 79.7 Å². The van der Waals surface area contributed by atoms with E-state index in [1.807, 2.05) is 17.0 Å². The van der Waals surface area contributed by atoms with Crippen LogP contribution in [0.1, 0.15) is 31.7 Å². The Morgan fingerprint density at radius 2 is 2.00 bits per heavy atom. The van der Waals surface area contributed by atoms with Crippen LogP contribution in [0, 0.1) is 0 Å². The predicted molar refractivity (Wildman–Crippen MR) is 108 cm³/mol. The molecule has 2 heterocycles. The SMILES string of the molecule is COc1cccc(CN2CCN(C(=O)NCCN3CCCC[C@H]3C)CC2)c1. The van der Waals surface area contributed by atoms with Crippen molar-refractivity contribution in [2.45, 2.75) is 38.8 Å². The first-order chi connectivity index (χ1) is 13.2. The number of ether oxygens (including phenoxy) is 1. The van der Waals surface area contributed by atoms with Crippen molar-refractivity contribution in [3.63, 3.8) is 0 Å². The molecule has 0 radical (unpaired) electrons. The van der Waals surface area contributed by atoms with E-state index in [4.69, 9.17) is 4.74 Å². The molecule has 2 aliphatic rings. The molecule has 6 nitrogen and oxygen atoms in total. The van der Waals surface area contributed by atoms with E-state index in [9.17, 15) is 4.79 Å². The summed E-state index contributed by atoms with van der Waals surface area (Å²) in [6.45, 7) is 9.46. The smallest absolute Gasteiger partial charge is 0.317 e. The molecule has 2 fully saturated rings. The monoisotopic (exact) mass is 374 g/mol. The van der Waals surface area contributed by atoms with E-state index in [2.05, 4.69) is 34.2 Å². The molecule has 3 rings (SSSR count). The summed E-state index contributed by atoms with van der Waals surface area (Å²) in [5, 5.41) is 3.11. The van der Waals surface area contributed by atoms with E-state index in [1.165, 1.54) is 31.4 Å². The van der Waals surface area contributed by atoms with E-state index in [1.54, 1.807) is 7.11 Å². The Morgan fingerprint density at radius 1 is 1.19 bits per heavy atom. The van der Waals surface area contributed by atoms with Crippen LogP contribution in [0.15, 0.2) is 24.3 Å². The van der Waals surface area contributed by atoms with Gasteiger partial charge in [0.2, 0.25) is 0 Å². The summed E-state index contributed by atoms with van der Waals surface area (Å²) >= 11 is 0. The van der Waals surface area contributed by atoms with Gasteiger partial charge < -0.3 is 15.0 Å². The number of amides is 2. The highest BCUT2D eigenvalue weighted by molar-refractivity contribution is 5.74. The van der Waals surface area contributed by atoms with Gasteiger partial charge in [-0.05, 0) is 44.0 Å². The van der Waals surface area contributed by atoms with Gasteiger partial charge in [-0.1, -0.05) is 18.6 Å². The zero-order valence-electron chi connectivity index (χ0n) is 16.8. The molecule has 2 saturated heterocycles. The number of piperazine rings is 1. The maximum absolute atomic E-state index is 12.4. The van der Waals surface area contributed by atoms with Gasteiger partial charge in [0.15, 0.2) is 0 Å². The van der Waals surface area contributed by atoms with Gasteiger partial charge in [0.1, 0.15) is 5.75 Å². The quantitative estimate of drug-likeness (QED) is 0.831. The Hall–Kier alpha value is -1.79. The summed E-state index contributed by atoms with van der Waals surface area (Å²) in [4.78, 5) is 19.3. The minimum absolute atomic E-state index is 0.0840. The molecule has 0 aliphatic carbocycles. The van der Waals surface area contributed by atoms with E-state index in [-0.39, 0.29) is 6.03 Å². The van der Waals surface area contributed by atoms with Crippen LogP contribution in [0.4, 0.5) is 4.79 Å². The number of likely N-dealkylation sites (tertiary alicyclic amines) is 1. The predicted octanol–water partition coefficient (Wildman–Crippen LogP) is 2.40. The molecule has 2 amide bonds. The Balaban J connectivity index is 1.36. The molecule has 1 aromatic carbocycles. The minimum atomic E-state index is 0.0840. The highest BCUT2D eigenvalue weighted by atomic mass is 16.5. The third-order valence-corrected chi connectivity index (χ3v) is 5.82. The number of nitrogens with one attached hydrogen (secondary N) is 1. The summed E-state index contributed by atoms with van der Waals surface area (Å²) in [5.74, 6) is 0.897. The lowest BCUT2D eigenvalue weighted by Crippen LogP contribution is -2.52. The van der Waals surface area contributed by atoms with Crippen LogP contribution < -0.4 is 10.1 Å². The summed E-state index contributed by atoms with van der Waals surface area (Å²) in [6, 6.07) is 8.94. The molecule has 0 aromatic heterocycles. The number of methoxy groups -OCH3 is 1. The molecule has 6 heteroatoms. The molecule has 0 spiro atoms. The number of nitrogens with zero attached hydrogens (tertiary/aromatic N) is 3. The number of piperidine rings is 1. The van der Waals surface area contributed by atoms with Crippen molar-refractivity contribution in [3.05, 3.63) is 29.8 Å². The zero-order chi connectivity index (χ0) is 19.1. The van der Waals surface area contributed by atoms with Crippen LogP contribution in [-0.2, 0) is 6.54 Å². The molecule has 1 N–H and O–H groups in total. The first kappa shape index (κ1) is 20.0. The van der Waals surface area contributed by atoms with E-state index in [0.717, 1.165) is 51.6 Å². The van der Waals surface area contributed by atoms with Gasteiger partial charge in [-0.15, -0.1) is 0 Å². The van der Waals surface area contributed by atoms with Crippen molar-refractivity contribution in [1.29, 1.82) is 0 Å². The minimum Gasteiger partial charge on any atom is -0.497 e. The molecular weight excluding hydrogens is 340 g/mol. The first-order valence-electron chi connectivity index (χ1n) is 10.3. The van der Waals surface area contributed by atoms with Gasteiger partial charge in [-0.3, -0.25) is 9.80 Å². The molecule has 1 atom stereocenters. The largest absolute Gasteiger partial charge is 0.497 e. The van der Waals surface area contributed by atoms with Crippen LogP contribution in [0.2, 0.25) is 0 Å². The summed E-state index contributed by atoms with van der Waals surface area (Å²) in [5.41, 5.74) is 1.25. The van der Waals surface area contributed by atoms with Crippen LogP contribution >= 0.6 is 0 Å². The van der Waals surface area contributed by atoms with E-state index in [0.29, 0.717) is 6.04 Å². The summed E-state index contributed by atoms with van der Waals surface area (Å²) < 4.78 is 5.30. The second-order valence-electron chi connectivity index (χ2n) is 7.73. The van der Waals surface area contributed by atoms with Gasteiger partial charge in [0.05, 0.1) is 7.11 Å². The molecule has 0 bridgehead atoms. The number of hydrogen-bond donors (Lipinski definition) is 1. The average Bonchev–Trinajstić information content (AvgIpc) is 2.70. The molecule has 0 saturated carbocycles. The molecule has 27 heavy (non-hydrogen) atoms. The van der Waals surface area contributed by atoms with Gasteiger partial charge in [0, 0.05) is 51.9 Å². The molecule has 150 valence electrons. The number of carbonyl (C=O) groups is 1. The maximum atomic E-state index is 12.4. The fraction of sp³-hybridized carbons (Fsp3) is 0.667. The lowest BCUT2D eigenvalue weighted by molar-refractivity contribution is 0.131. The van der Waals surface area contributed by atoms with Gasteiger partial charge in [-0.25, -0.2) is 4.79 Å². The molecule has 1 aromatic rings. The Labute approximate surface area is 163 Å². The number of carbonyl (C=O) groups excluding carboxylic acids is 1. The maximum Gasteiger partial charge on any atom is 0.317 e. The Kier molecular flexibility index (Phi) is 7.35. The van der Waals surface area contributed by atoms with Gasteiger partial charge in [-0.2, -0.15) is 0 Å². The average molecular weight is 375 g/mol. The van der Waals surface area contributed by atoms with Crippen molar-refractivity contribution < 1.29 is 9.53 Å². The first-order valence-corrected chi connectivity index (χ1v) is 10.3. The third-order valence-electron chi connectivity index (χ3n) is 5.82. The lowest BCUT2D eigenvalue weighted by atomic mass is 10.0. The van der Waals surface area contributed by atoms with Crippen molar-refractivity contribution >= 4 is 6.03 Å². The van der Waals surface area contributed by atoms with Crippen LogP contribution in [0.5, 0.6) is 5.75 Å². The normalized spacial score (nSPS) is 21.9. The fourth-order valence-corrected chi connectivity index (χ4v) is 4.05. The van der Waals surface area contributed by atoms with Gasteiger partial charge in [0.25, 0.3) is 0 Å². The van der Waals surface area contributed by atoms with Crippen molar-refractivity contribution in [2.24, 2.45) is 0 Å². The second kappa shape index (κ2) is 9.95. The van der Waals surface area contributed by atoms with Crippen molar-refractivity contribution in [1.82, 2.24) is 20.0 Å². The van der Waals surface area contributed by atoms with E-state index >= 15 is 0 Å².